The van der Waals surface area contributed by atoms with Crippen molar-refractivity contribution in [1.82, 2.24) is 4.90 Å². The van der Waals surface area contributed by atoms with E-state index in [2.05, 4.69) is 39.4 Å². The molecule has 0 spiro atoms. The number of benzene rings is 1. The molecule has 3 nitrogen and oxygen atoms in total. The van der Waals surface area contributed by atoms with Crippen LogP contribution >= 0.6 is 0 Å². The summed E-state index contributed by atoms with van der Waals surface area (Å²) in [6.45, 7) is 7.40. The lowest BCUT2D eigenvalue weighted by atomic mass is 10.1. The molecule has 0 unspecified atom stereocenters. The molecule has 1 N–H and O–H groups in total. The number of nitrogens with zero attached hydrogens (tertiary/aromatic N) is 2. The van der Waals surface area contributed by atoms with Gasteiger partial charge in [0.2, 0.25) is 0 Å². The summed E-state index contributed by atoms with van der Waals surface area (Å²) in [5.41, 5.74) is 2.65. The number of rotatable bonds is 6. The van der Waals surface area contributed by atoms with Crippen molar-refractivity contribution < 1.29 is 0 Å². The van der Waals surface area contributed by atoms with Crippen LogP contribution in [0, 0.1) is 0 Å². The van der Waals surface area contributed by atoms with Crippen LogP contribution in [0.15, 0.2) is 24.3 Å². The first-order chi connectivity index (χ1) is 10.4. The third-order valence-corrected chi connectivity index (χ3v) is 4.77. The van der Waals surface area contributed by atoms with Gasteiger partial charge in [-0.25, -0.2) is 0 Å². The van der Waals surface area contributed by atoms with E-state index in [1.54, 1.807) is 0 Å². The molecule has 3 heteroatoms. The van der Waals surface area contributed by atoms with Gasteiger partial charge in [-0.1, -0.05) is 0 Å². The predicted molar refractivity (Wildman–Crippen MR) is 91.3 cm³/mol. The number of piperidine rings is 1. The molecule has 21 heavy (non-hydrogen) atoms. The Bertz CT molecular complexity index is 403. The van der Waals surface area contributed by atoms with Crippen LogP contribution in [0.25, 0.3) is 0 Å². The molecule has 0 radical (unpaired) electrons. The van der Waals surface area contributed by atoms with Gasteiger partial charge in [-0.05, 0) is 82.4 Å². The molecule has 2 heterocycles. The maximum absolute atomic E-state index is 3.55. The summed E-state index contributed by atoms with van der Waals surface area (Å²) >= 11 is 0. The van der Waals surface area contributed by atoms with Crippen LogP contribution in [0.2, 0.25) is 0 Å². The van der Waals surface area contributed by atoms with E-state index in [9.17, 15) is 0 Å². The molecule has 2 fully saturated rings. The molecule has 0 amide bonds. The Morgan fingerprint density at radius 2 is 1.48 bits per heavy atom. The smallest absolute Gasteiger partial charge is 0.0367 e. The Balaban J connectivity index is 1.39. The summed E-state index contributed by atoms with van der Waals surface area (Å²) in [6, 6.07) is 9.02. The second kappa shape index (κ2) is 7.69. The van der Waals surface area contributed by atoms with Gasteiger partial charge in [-0.2, -0.15) is 0 Å². The Kier molecular flexibility index (Phi) is 5.39. The van der Waals surface area contributed by atoms with Crippen molar-refractivity contribution in [2.24, 2.45) is 0 Å². The minimum Gasteiger partial charge on any atom is -0.385 e. The largest absolute Gasteiger partial charge is 0.385 e. The van der Waals surface area contributed by atoms with Gasteiger partial charge in [0.1, 0.15) is 0 Å². The van der Waals surface area contributed by atoms with Crippen molar-refractivity contribution in [2.75, 3.05) is 49.5 Å². The van der Waals surface area contributed by atoms with Gasteiger partial charge in [0.25, 0.3) is 0 Å². The fourth-order valence-corrected chi connectivity index (χ4v) is 3.48. The van der Waals surface area contributed by atoms with Crippen LogP contribution in [-0.2, 0) is 0 Å². The number of likely N-dealkylation sites (tertiary alicyclic amines) is 1. The molecule has 0 aromatic heterocycles. The van der Waals surface area contributed by atoms with E-state index in [4.69, 9.17) is 0 Å². The summed E-state index contributed by atoms with van der Waals surface area (Å²) in [5.74, 6) is 0. The summed E-state index contributed by atoms with van der Waals surface area (Å²) in [7, 11) is 0. The van der Waals surface area contributed by atoms with E-state index < -0.39 is 0 Å². The molecule has 2 aliphatic rings. The number of anilines is 2. The van der Waals surface area contributed by atoms with E-state index in [0.717, 1.165) is 6.54 Å². The fourth-order valence-electron chi connectivity index (χ4n) is 3.48. The predicted octanol–water partition coefficient (Wildman–Crippen LogP) is 3.57. The lowest BCUT2D eigenvalue weighted by molar-refractivity contribution is 0.337. The Hall–Kier alpha value is -1.22. The third kappa shape index (κ3) is 4.37. The van der Waals surface area contributed by atoms with E-state index in [1.807, 2.05) is 0 Å². The second-order valence-electron chi connectivity index (χ2n) is 6.42. The Morgan fingerprint density at radius 1 is 0.810 bits per heavy atom. The zero-order valence-electron chi connectivity index (χ0n) is 13.2. The van der Waals surface area contributed by atoms with Gasteiger partial charge >= 0.3 is 0 Å². The highest BCUT2D eigenvalue weighted by Crippen LogP contribution is 2.21. The van der Waals surface area contributed by atoms with Gasteiger partial charge < -0.3 is 15.1 Å². The van der Waals surface area contributed by atoms with E-state index in [-0.39, 0.29) is 0 Å². The normalized spacial score (nSPS) is 19.9. The summed E-state index contributed by atoms with van der Waals surface area (Å²) in [5, 5.41) is 3.55. The average Bonchev–Trinajstić information content (AvgIpc) is 3.06. The monoisotopic (exact) mass is 287 g/mol. The molecule has 0 aliphatic carbocycles. The molecule has 0 atom stereocenters. The van der Waals surface area contributed by atoms with Crippen molar-refractivity contribution in [3.63, 3.8) is 0 Å². The van der Waals surface area contributed by atoms with Crippen LogP contribution in [0.1, 0.15) is 38.5 Å². The van der Waals surface area contributed by atoms with Crippen molar-refractivity contribution in [1.29, 1.82) is 0 Å². The van der Waals surface area contributed by atoms with Gasteiger partial charge in [0.05, 0.1) is 0 Å². The molecule has 0 bridgehead atoms. The Morgan fingerprint density at radius 3 is 2.19 bits per heavy atom. The maximum atomic E-state index is 3.55. The molecular weight excluding hydrogens is 258 g/mol. The highest BCUT2D eigenvalue weighted by molar-refractivity contribution is 5.55. The van der Waals surface area contributed by atoms with E-state index in [0.29, 0.717) is 0 Å². The van der Waals surface area contributed by atoms with Crippen LogP contribution in [0.3, 0.4) is 0 Å². The number of hydrogen-bond donors (Lipinski definition) is 1. The summed E-state index contributed by atoms with van der Waals surface area (Å²) in [4.78, 5) is 5.10. The van der Waals surface area contributed by atoms with E-state index >= 15 is 0 Å². The van der Waals surface area contributed by atoms with Crippen LogP contribution in [0.5, 0.6) is 0 Å². The third-order valence-electron chi connectivity index (χ3n) is 4.77. The first-order valence-corrected chi connectivity index (χ1v) is 8.73. The first kappa shape index (κ1) is 14.7. The topological polar surface area (TPSA) is 18.5 Å². The molecule has 3 rings (SSSR count). The molecule has 2 saturated heterocycles. The summed E-state index contributed by atoms with van der Waals surface area (Å²) < 4.78 is 0. The number of nitrogens with one attached hydrogen (secondary N) is 1. The molecule has 2 aliphatic heterocycles. The fraction of sp³-hybridized carbons (Fsp3) is 0.667. The number of hydrogen-bond acceptors (Lipinski definition) is 3. The van der Waals surface area contributed by atoms with Crippen molar-refractivity contribution in [3.05, 3.63) is 24.3 Å². The standard InChI is InChI=1S/C18H29N3/c1-2-15-21(16-3-1)18-9-7-17(8-10-18)19-11-6-14-20-12-4-5-13-20/h7-10,19H,1-6,11-16H2. The average molecular weight is 287 g/mol. The summed E-state index contributed by atoms with van der Waals surface area (Å²) in [6.07, 6.45) is 8.12. The highest BCUT2D eigenvalue weighted by Gasteiger charge is 2.11. The van der Waals surface area contributed by atoms with Gasteiger partial charge in [-0.3, -0.25) is 0 Å². The molecule has 0 saturated carbocycles. The minimum absolute atomic E-state index is 1.08. The van der Waals surface area contributed by atoms with Gasteiger partial charge in [0, 0.05) is 31.0 Å². The SMILES string of the molecule is c1cc(N2CCCCC2)ccc1NCCCN1CCCC1. The van der Waals surface area contributed by atoms with Crippen molar-refractivity contribution >= 4 is 11.4 Å². The zero-order valence-corrected chi connectivity index (χ0v) is 13.2. The van der Waals surface area contributed by atoms with Crippen molar-refractivity contribution in [2.45, 2.75) is 38.5 Å². The molecule has 116 valence electrons. The zero-order chi connectivity index (χ0) is 14.3. The van der Waals surface area contributed by atoms with Crippen LogP contribution in [0.4, 0.5) is 11.4 Å². The van der Waals surface area contributed by atoms with Crippen molar-refractivity contribution in [3.8, 4) is 0 Å². The quantitative estimate of drug-likeness (QED) is 0.807. The maximum Gasteiger partial charge on any atom is 0.0367 e. The lowest BCUT2D eigenvalue weighted by Crippen LogP contribution is -2.29. The van der Waals surface area contributed by atoms with E-state index in [1.165, 1.54) is 82.6 Å². The second-order valence-corrected chi connectivity index (χ2v) is 6.42. The molecular formula is C18H29N3. The highest BCUT2D eigenvalue weighted by atomic mass is 15.1. The van der Waals surface area contributed by atoms with Crippen LogP contribution < -0.4 is 10.2 Å². The molecule has 1 aromatic rings. The minimum atomic E-state index is 1.08. The van der Waals surface area contributed by atoms with Gasteiger partial charge in [0.15, 0.2) is 0 Å². The molecule has 1 aromatic carbocycles. The Labute approximate surface area is 129 Å². The van der Waals surface area contributed by atoms with Gasteiger partial charge in [-0.15, -0.1) is 0 Å². The van der Waals surface area contributed by atoms with Crippen LogP contribution in [-0.4, -0.2) is 44.2 Å². The lowest BCUT2D eigenvalue weighted by Gasteiger charge is -2.28. The first-order valence-electron chi connectivity index (χ1n) is 8.73.